The van der Waals surface area contributed by atoms with E-state index in [1.807, 2.05) is 52.3 Å². The molecule has 0 aromatic heterocycles. The van der Waals surface area contributed by atoms with E-state index >= 15 is 0 Å². The highest BCUT2D eigenvalue weighted by atomic mass is 16.5. The van der Waals surface area contributed by atoms with Gasteiger partial charge in [-0.3, -0.25) is 9.59 Å². The van der Waals surface area contributed by atoms with Crippen molar-refractivity contribution in [2.75, 3.05) is 31.6 Å². The first-order chi connectivity index (χ1) is 14.7. The Kier molecular flexibility index (Phi) is 5.17. The summed E-state index contributed by atoms with van der Waals surface area (Å²) in [7, 11) is 0. The van der Waals surface area contributed by atoms with Gasteiger partial charge in [0.1, 0.15) is 0 Å². The number of para-hydroxylation sites is 1. The Morgan fingerprint density at radius 1 is 1.07 bits per heavy atom. The summed E-state index contributed by atoms with van der Waals surface area (Å²) in [5, 5.41) is 3.41. The first-order valence-electron chi connectivity index (χ1n) is 10.8. The van der Waals surface area contributed by atoms with Crippen molar-refractivity contribution in [2.24, 2.45) is 0 Å². The first-order valence-corrected chi connectivity index (χ1v) is 10.8. The molecule has 0 aliphatic carbocycles. The van der Waals surface area contributed by atoms with Crippen molar-refractivity contribution in [3.05, 3.63) is 65.2 Å². The topological polar surface area (TPSA) is 61.9 Å². The monoisotopic (exact) mass is 405 g/mol. The standard InChI is InChI=1S/C24H27N3O3/c28-22-11-13-30-21-16-26(15-20(21)27(22)14-17-6-2-1-3-7-17)24(29)19-10-4-8-18-9-5-12-25-23(18)19/h1-4,6-8,10,20-21,25H,5,9,11-16H2/t20-,21-/m0/s1. The molecule has 0 radical (unpaired) electrons. The summed E-state index contributed by atoms with van der Waals surface area (Å²) in [5.41, 5.74) is 4.00. The number of aryl methyl sites for hydroxylation is 1. The molecule has 2 atom stereocenters. The molecular formula is C24H27N3O3. The van der Waals surface area contributed by atoms with Crippen LogP contribution >= 0.6 is 0 Å². The largest absolute Gasteiger partial charge is 0.384 e. The second kappa shape index (κ2) is 8.11. The SMILES string of the molecule is O=C(c1cccc2c1NCCC2)N1C[C@@H]2OCCC(=O)N(Cc3ccccc3)[C@H]2C1. The molecule has 30 heavy (non-hydrogen) atoms. The second-order valence-corrected chi connectivity index (χ2v) is 8.31. The summed E-state index contributed by atoms with van der Waals surface area (Å²) in [5.74, 6) is 0.115. The Morgan fingerprint density at radius 3 is 2.80 bits per heavy atom. The van der Waals surface area contributed by atoms with Gasteiger partial charge in [0, 0.05) is 26.2 Å². The zero-order valence-corrected chi connectivity index (χ0v) is 17.0. The van der Waals surface area contributed by atoms with Crippen LogP contribution in [-0.4, -0.2) is 60.0 Å². The number of likely N-dealkylation sites (tertiary alicyclic amines) is 1. The fraction of sp³-hybridized carbons (Fsp3) is 0.417. The van der Waals surface area contributed by atoms with Gasteiger partial charge in [-0.05, 0) is 30.0 Å². The molecule has 156 valence electrons. The smallest absolute Gasteiger partial charge is 0.256 e. The molecule has 2 amide bonds. The van der Waals surface area contributed by atoms with Gasteiger partial charge in [0.05, 0.1) is 36.4 Å². The molecule has 6 heteroatoms. The molecule has 3 aliphatic rings. The molecule has 2 saturated heterocycles. The molecule has 0 saturated carbocycles. The minimum absolute atomic E-state index is 0.0185. The number of fused-ring (bicyclic) bond motifs is 2. The van der Waals surface area contributed by atoms with Crippen LogP contribution < -0.4 is 5.32 Å². The lowest BCUT2D eigenvalue weighted by Crippen LogP contribution is -2.45. The van der Waals surface area contributed by atoms with Gasteiger partial charge in [0.25, 0.3) is 5.91 Å². The fourth-order valence-electron chi connectivity index (χ4n) is 4.86. The number of nitrogens with one attached hydrogen (secondary N) is 1. The maximum atomic E-state index is 13.4. The van der Waals surface area contributed by atoms with Crippen LogP contribution in [0.3, 0.4) is 0 Å². The van der Waals surface area contributed by atoms with Crippen molar-refractivity contribution < 1.29 is 14.3 Å². The highest BCUT2D eigenvalue weighted by Crippen LogP contribution is 2.30. The van der Waals surface area contributed by atoms with Gasteiger partial charge >= 0.3 is 0 Å². The summed E-state index contributed by atoms with van der Waals surface area (Å²) in [6.45, 7) is 2.88. The third-order valence-corrected chi connectivity index (χ3v) is 6.39. The third kappa shape index (κ3) is 3.56. The first kappa shape index (κ1) is 19.1. The molecule has 0 bridgehead atoms. The van der Waals surface area contributed by atoms with E-state index in [9.17, 15) is 9.59 Å². The Hall–Kier alpha value is -2.86. The van der Waals surface area contributed by atoms with Crippen molar-refractivity contribution in [1.29, 1.82) is 0 Å². The molecule has 1 N–H and O–H groups in total. The van der Waals surface area contributed by atoms with E-state index in [0.717, 1.165) is 36.2 Å². The summed E-state index contributed by atoms with van der Waals surface area (Å²) in [6.07, 6.45) is 2.33. The molecule has 3 heterocycles. The van der Waals surface area contributed by atoms with E-state index in [1.165, 1.54) is 5.56 Å². The lowest BCUT2D eigenvalue weighted by molar-refractivity contribution is -0.133. The second-order valence-electron chi connectivity index (χ2n) is 8.31. The summed E-state index contributed by atoms with van der Waals surface area (Å²) in [6, 6.07) is 15.9. The molecule has 5 rings (SSSR count). The molecule has 2 aromatic rings. The maximum absolute atomic E-state index is 13.4. The number of hydrogen-bond donors (Lipinski definition) is 1. The van der Waals surface area contributed by atoms with Crippen LogP contribution in [0.25, 0.3) is 0 Å². The van der Waals surface area contributed by atoms with E-state index in [1.54, 1.807) is 0 Å². The summed E-state index contributed by atoms with van der Waals surface area (Å²) < 4.78 is 6.02. The van der Waals surface area contributed by atoms with Gasteiger partial charge in [0.15, 0.2) is 0 Å². The van der Waals surface area contributed by atoms with Crippen LogP contribution in [0.1, 0.15) is 34.3 Å². The normalized spacial score (nSPS) is 23.4. The van der Waals surface area contributed by atoms with Crippen molar-refractivity contribution in [1.82, 2.24) is 9.80 Å². The van der Waals surface area contributed by atoms with Crippen LogP contribution in [0.5, 0.6) is 0 Å². The maximum Gasteiger partial charge on any atom is 0.256 e. The van der Waals surface area contributed by atoms with Gasteiger partial charge < -0.3 is 19.9 Å². The lowest BCUT2D eigenvalue weighted by Gasteiger charge is -2.29. The predicted octanol–water partition coefficient (Wildman–Crippen LogP) is 2.69. The highest BCUT2D eigenvalue weighted by molar-refractivity contribution is 6.00. The number of carbonyl (C=O) groups excluding carboxylic acids is 2. The number of nitrogens with zero attached hydrogens (tertiary/aromatic N) is 2. The number of ether oxygens (including phenoxy) is 1. The van der Waals surface area contributed by atoms with E-state index in [0.29, 0.717) is 32.7 Å². The van der Waals surface area contributed by atoms with Gasteiger partial charge in [-0.2, -0.15) is 0 Å². The number of carbonyl (C=O) groups is 2. The van der Waals surface area contributed by atoms with Crippen molar-refractivity contribution in [3.8, 4) is 0 Å². The third-order valence-electron chi connectivity index (χ3n) is 6.39. The molecule has 0 unspecified atom stereocenters. The Bertz CT molecular complexity index is 946. The predicted molar refractivity (Wildman–Crippen MR) is 114 cm³/mol. The van der Waals surface area contributed by atoms with Crippen LogP contribution in [0.15, 0.2) is 48.5 Å². The Labute approximate surface area is 176 Å². The number of rotatable bonds is 3. The zero-order valence-electron chi connectivity index (χ0n) is 17.0. The summed E-state index contributed by atoms with van der Waals surface area (Å²) in [4.78, 5) is 30.0. The minimum atomic E-state index is -0.142. The lowest BCUT2D eigenvalue weighted by atomic mass is 9.99. The van der Waals surface area contributed by atoms with Crippen molar-refractivity contribution in [3.63, 3.8) is 0 Å². The zero-order chi connectivity index (χ0) is 20.5. The molecule has 2 aromatic carbocycles. The number of hydrogen-bond acceptors (Lipinski definition) is 4. The van der Waals surface area contributed by atoms with Crippen LogP contribution in [0.2, 0.25) is 0 Å². The molecule has 0 spiro atoms. The van der Waals surface area contributed by atoms with Crippen LogP contribution in [0, 0.1) is 0 Å². The fourth-order valence-corrected chi connectivity index (χ4v) is 4.86. The molecule has 3 aliphatic heterocycles. The number of amides is 2. The average molecular weight is 405 g/mol. The summed E-state index contributed by atoms with van der Waals surface area (Å²) >= 11 is 0. The van der Waals surface area contributed by atoms with Gasteiger partial charge in [0.2, 0.25) is 5.91 Å². The van der Waals surface area contributed by atoms with Crippen molar-refractivity contribution >= 4 is 17.5 Å². The number of benzene rings is 2. The van der Waals surface area contributed by atoms with Crippen molar-refractivity contribution in [2.45, 2.75) is 38.0 Å². The van der Waals surface area contributed by atoms with Gasteiger partial charge in [-0.15, -0.1) is 0 Å². The highest BCUT2D eigenvalue weighted by Gasteiger charge is 2.43. The quantitative estimate of drug-likeness (QED) is 0.853. The van der Waals surface area contributed by atoms with E-state index in [2.05, 4.69) is 11.4 Å². The van der Waals surface area contributed by atoms with Crippen LogP contribution in [-0.2, 0) is 22.5 Å². The van der Waals surface area contributed by atoms with E-state index in [4.69, 9.17) is 4.74 Å². The Morgan fingerprint density at radius 2 is 1.93 bits per heavy atom. The van der Waals surface area contributed by atoms with Gasteiger partial charge in [-0.1, -0.05) is 42.5 Å². The van der Waals surface area contributed by atoms with E-state index < -0.39 is 0 Å². The molecular weight excluding hydrogens is 378 g/mol. The molecule has 2 fully saturated rings. The minimum Gasteiger partial charge on any atom is -0.384 e. The van der Waals surface area contributed by atoms with Gasteiger partial charge in [-0.25, -0.2) is 0 Å². The van der Waals surface area contributed by atoms with E-state index in [-0.39, 0.29) is 24.0 Å². The average Bonchev–Trinajstić information content (AvgIpc) is 3.15. The van der Waals surface area contributed by atoms with Crippen LogP contribution in [0.4, 0.5) is 5.69 Å². The Balaban J connectivity index is 1.39. The molecule has 6 nitrogen and oxygen atoms in total. The number of anilines is 1.